The predicted octanol–water partition coefficient (Wildman–Crippen LogP) is 8.90. The third-order valence-electron chi connectivity index (χ3n) is 4.67. The van der Waals surface area contributed by atoms with Crippen molar-refractivity contribution in [3.05, 3.63) is 69.6 Å². The van der Waals surface area contributed by atoms with Gasteiger partial charge < -0.3 is 9.05 Å². The van der Waals surface area contributed by atoms with Gasteiger partial charge in [-0.25, -0.2) is 0 Å². The van der Waals surface area contributed by atoms with Crippen molar-refractivity contribution < 1.29 is 26.8 Å². The van der Waals surface area contributed by atoms with Gasteiger partial charge in [-0.05, 0) is 57.9 Å². The van der Waals surface area contributed by atoms with Crippen LogP contribution in [0.2, 0.25) is 5.02 Å². The number of benzene rings is 2. The van der Waals surface area contributed by atoms with Crippen LogP contribution in [-0.2, 0) is 26.2 Å². The van der Waals surface area contributed by atoms with Crippen molar-refractivity contribution in [2.45, 2.75) is 58.2 Å². The number of rotatable bonds is 8. The first-order chi connectivity index (χ1) is 14.9. The van der Waals surface area contributed by atoms with E-state index in [1.807, 2.05) is 24.3 Å². The molecule has 1 atom stereocenters. The lowest BCUT2D eigenvalue weighted by atomic mass is 10.1. The summed E-state index contributed by atoms with van der Waals surface area (Å²) < 4.78 is 65.8. The SMILES string of the molecule is CC(C)OP(=O)(OC(C)C)C(Cc1ccc(C(F)(F)F)cc1)c1sc2ccccc2c1Cl. The number of halogens is 4. The molecular formula is C23H25ClF3O3PS. The van der Waals surface area contributed by atoms with E-state index >= 15 is 0 Å². The summed E-state index contributed by atoms with van der Waals surface area (Å²) in [5.74, 6) is 0. The highest BCUT2D eigenvalue weighted by atomic mass is 35.5. The van der Waals surface area contributed by atoms with Crippen LogP contribution in [0.4, 0.5) is 13.2 Å². The molecule has 1 heterocycles. The molecule has 1 aromatic heterocycles. The lowest BCUT2D eigenvalue weighted by Crippen LogP contribution is -2.15. The van der Waals surface area contributed by atoms with Crippen molar-refractivity contribution in [1.82, 2.24) is 0 Å². The molecule has 0 aliphatic carbocycles. The van der Waals surface area contributed by atoms with Crippen molar-refractivity contribution in [3.63, 3.8) is 0 Å². The summed E-state index contributed by atoms with van der Waals surface area (Å²) in [7, 11) is -3.75. The van der Waals surface area contributed by atoms with Gasteiger partial charge in [0, 0.05) is 15.0 Å². The van der Waals surface area contributed by atoms with Crippen LogP contribution in [0.5, 0.6) is 0 Å². The minimum absolute atomic E-state index is 0.154. The second-order valence-corrected chi connectivity index (χ2v) is 11.6. The van der Waals surface area contributed by atoms with Crippen molar-refractivity contribution >= 4 is 40.6 Å². The van der Waals surface area contributed by atoms with Gasteiger partial charge in [0.25, 0.3) is 0 Å². The Bertz CT molecular complexity index is 1100. The molecule has 0 radical (unpaired) electrons. The Morgan fingerprint density at radius 3 is 2.03 bits per heavy atom. The van der Waals surface area contributed by atoms with Crippen LogP contribution in [0.15, 0.2) is 48.5 Å². The summed E-state index contributed by atoms with van der Waals surface area (Å²) in [4.78, 5) is 0.636. The van der Waals surface area contributed by atoms with E-state index in [1.165, 1.54) is 23.5 Å². The van der Waals surface area contributed by atoms with Crippen LogP contribution in [0.3, 0.4) is 0 Å². The number of fused-ring (bicyclic) bond motifs is 1. The normalized spacial score (nSPS) is 13.9. The van der Waals surface area contributed by atoms with E-state index in [0.29, 0.717) is 15.5 Å². The van der Waals surface area contributed by atoms with Crippen LogP contribution in [0.25, 0.3) is 10.1 Å². The van der Waals surface area contributed by atoms with E-state index in [-0.39, 0.29) is 18.6 Å². The Balaban J connectivity index is 2.11. The largest absolute Gasteiger partial charge is 0.416 e. The zero-order valence-corrected chi connectivity index (χ0v) is 20.6. The molecule has 0 saturated carbocycles. The fourth-order valence-electron chi connectivity index (χ4n) is 3.41. The first-order valence-electron chi connectivity index (χ1n) is 10.2. The molecule has 0 bridgehead atoms. The Labute approximate surface area is 195 Å². The van der Waals surface area contributed by atoms with Gasteiger partial charge in [-0.15, -0.1) is 11.3 Å². The Hall–Kier alpha value is -1.37. The molecule has 0 spiro atoms. The van der Waals surface area contributed by atoms with Crippen molar-refractivity contribution in [1.29, 1.82) is 0 Å². The lowest BCUT2D eigenvalue weighted by molar-refractivity contribution is -0.137. The van der Waals surface area contributed by atoms with Crippen LogP contribution >= 0.6 is 30.5 Å². The average Bonchev–Trinajstić information content (AvgIpc) is 3.01. The topological polar surface area (TPSA) is 35.5 Å². The summed E-state index contributed by atoms with van der Waals surface area (Å²) in [5, 5.41) is 1.29. The summed E-state index contributed by atoms with van der Waals surface area (Å²) in [6.45, 7) is 7.05. The Morgan fingerprint density at radius 1 is 0.969 bits per heavy atom. The highest BCUT2D eigenvalue weighted by molar-refractivity contribution is 7.54. The lowest BCUT2D eigenvalue weighted by Gasteiger charge is -2.30. The van der Waals surface area contributed by atoms with Gasteiger partial charge >= 0.3 is 13.8 Å². The molecular weight excluding hydrogens is 480 g/mol. The quantitative estimate of drug-likeness (QED) is 0.287. The minimum atomic E-state index is -4.43. The summed E-state index contributed by atoms with van der Waals surface area (Å²) in [6.07, 6.45) is -5.05. The maximum absolute atomic E-state index is 14.1. The molecule has 0 aliphatic rings. The number of thiophene rings is 1. The van der Waals surface area contributed by atoms with E-state index in [4.69, 9.17) is 20.6 Å². The first kappa shape index (κ1) is 25.3. The molecule has 3 rings (SSSR count). The third-order valence-corrected chi connectivity index (χ3v) is 9.28. The molecule has 1 unspecified atom stereocenters. The molecule has 2 aromatic carbocycles. The van der Waals surface area contributed by atoms with E-state index in [0.717, 1.165) is 22.2 Å². The zero-order valence-electron chi connectivity index (χ0n) is 18.2. The van der Waals surface area contributed by atoms with Crippen LogP contribution < -0.4 is 0 Å². The van der Waals surface area contributed by atoms with Gasteiger partial charge in [-0.3, -0.25) is 4.57 Å². The highest BCUT2D eigenvalue weighted by Crippen LogP contribution is 2.66. The van der Waals surface area contributed by atoms with E-state index in [2.05, 4.69) is 0 Å². The van der Waals surface area contributed by atoms with E-state index < -0.39 is 25.0 Å². The average molecular weight is 505 g/mol. The maximum Gasteiger partial charge on any atom is 0.416 e. The van der Waals surface area contributed by atoms with Crippen molar-refractivity contribution in [2.24, 2.45) is 0 Å². The molecule has 0 amide bonds. The monoisotopic (exact) mass is 504 g/mol. The number of hydrogen-bond acceptors (Lipinski definition) is 4. The van der Waals surface area contributed by atoms with Crippen LogP contribution in [0.1, 0.15) is 49.4 Å². The molecule has 32 heavy (non-hydrogen) atoms. The van der Waals surface area contributed by atoms with Gasteiger partial charge in [0.2, 0.25) is 0 Å². The van der Waals surface area contributed by atoms with Crippen LogP contribution in [0, 0.1) is 0 Å². The molecule has 9 heteroatoms. The standard InChI is InChI=1S/C23H25ClF3O3PS/c1-14(2)29-31(28,30-15(3)4)19(13-16-9-11-17(12-10-16)23(25,26)27)22-21(24)18-7-5-6-8-20(18)32-22/h5-12,14-15,19H,13H2,1-4H3. The molecule has 0 saturated heterocycles. The van der Waals surface area contributed by atoms with Gasteiger partial charge in [0.15, 0.2) is 0 Å². The number of hydrogen-bond donors (Lipinski definition) is 0. The fourth-order valence-corrected chi connectivity index (χ4v) is 7.95. The van der Waals surface area contributed by atoms with Gasteiger partial charge in [-0.1, -0.05) is 41.9 Å². The smallest absolute Gasteiger partial charge is 0.305 e. The van der Waals surface area contributed by atoms with E-state index in [9.17, 15) is 17.7 Å². The summed E-state index contributed by atoms with van der Waals surface area (Å²) in [6, 6.07) is 12.4. The minimum Gasteiger partial charge on any atom is -0.305 e. The van der Waals surface area contributed by atoms with Crippen molar-refractivity contribution in [3.8, 4) is 0 Å². The predicted molar refractivity (Wildman–Crippen MR) is 125 cm³/mol. The molecule has 3 nitrogen and oxygen atoms in total. The molecule has 0 fully saturated rings. The fraction of sp³-hybridized carbons (Fsp3) is 0.391. The van der Waals surface area contributed by atoms with Gasteiger partial charge in [0.05, 0.1) is 22.8 Å². The highest BCUT2D eigenvalue weighted by Gasteiger charge is 2.42. The Morgan fingerprint density at radius 2 is 1.53 bits per heavy atom. The van der Waals surface area contributed by atoms with E-state index in [1.54, 1.807) is 27.7 Å². The van der Waals surface area contributed by atoms with Crippen molar-refractivity contribution in [2.75, 3.05) is 0 Å². The number of alkyl halides is 3. The molecule has 174 valence electrons. The third kappa shape index (κ3) is 5.75. The maximum atomic E-state index is 14.1. The summed E-state index contributed by atoms with van der Waals surface area (Å²) in [5.41, 5.74) is -0.928. The molecule has 0 N–H and O–H groups in total. The first-order valence-corrected chi connectivity index (χ1v) is 13.0. The molecule has 3 aromatic rings. The summed E-state index contributed by atoms with van der Waals surface area (Å²) >= 11 is 8.11. The Kier molecular flexibility index (Phi) is 7.78. The zero-order chi connectivity index (χ0) is 23.7. The van der Waals surface area contributed by atoms with Gasteiger partial charge in [-0.2, -0.15) is 13.2 Å². The second kappa shape index (κ2) is 9.86. The molecule has 0 aliphatic heterocycles. The van der Waals surface area contributed by atoms with Crippen LogP contribution in [-0.4, -0.2) is 12.2 Å². The van der Waals surface area contributed by atoms with Gasteiger partial charge in [0.1, 0.15) is 5.66 Å². The second-order valence-electron chi connectivity index (χ2n) is 8.04.